The van der Waals surface area contributed by atoms with E-state index in [2.05, 4.69) is 5.32 Å². The van der Waals surface area contributed by atoms with Crippen molar-refractivity contribution >= 4 is 34.9 Å². The van der Waals surface area contributed by atoms with Crippen molar-refractivity contribution < 1.29 is 9.90 Å². The molecule has 112 valence electrons. The highest BCUT2D eigenvalue weighted by atomic mass is 35.5. The topological polar surface area (TPSA) is 75.3 Å². The first kappa shape index (κ1) is 17.1. The van der Waals surface area contributed by atoms with Crippen LogP contribution in [-0.4, -0.2) is 23.2 Å². The van der Waals surface area contributed by atoms with Gasteiger partial charge in [0.1, 0.15) is 0 Å². The number of nitrogens with one attached hydrogen (secondary N) is 1. The lowest BCUT2D eigenvalue weighted by Crippen LogP contribution is -2.39. The van der Waals surface area contributed by atoms with Crippen LogP contribution in [0.5, 0.6) is 0 Å². The van der Waals surface area contributed by atoms with Gasteiger partial charge in [-0.15, -0.1) is 0 Å². The van der Waals surface area contributed by atoms with Gasteiger partial charge in [-0.3, -0.25) is 4.79 Å². The third-order valence-electron chi connectivity index (χ3n) is 2.87. The maximum atomic E-state index is 11.0. The first-order chi connectivity index (χ1) is 9.10. The van der Waals surface area contributed by atoms with Crippen LogP contribution in [0.4, 0.5) is 5.69 Å². The minimum Gasteiger partial charge on any atom is -0.481 e. The molecule has 0 spiro atoms. The number of nitrogen functional groups attached to an aromatic ring is 1. The van der Waals surface area contributed by atoms with E-state index in [0.717, 1.165) is 5.56 Å². The summed E-state index contributed by atoms with van der Waals surface area (Å²) >= 11 is 12.0. The van der Waals surface area contributed by atoms with Crippen molar-refractivity contribution in [2.24, 2.45) is 0 Å². The SMILES string of the molecule is CC(C)(C)NCC(CC(=O)O)c1cc(Cl)c(N)c(Cl)c1. The summed E-state index contributed by atoms with van der Waals surface area (Å²) in [6.07, 6.45) is -0.000341. The zero-order chi connectivity index (χ0) is 15.5. The largest absolute Gasteiger partial charge is 0.481 e. The fourth-order valence-electron chi connectivity index (χ4n) is 1.79. The van der Waals surface area contributed by atoms with Crippen molar-refractivity contribution in [3.63, 3.8) is 0 Å². The Morgan fingerprint density at radius 2 is 1.85 bits per heavy atom. The molecule has 20 heavy (non-hydrogen) atoms. The second-order valence-corrected chi connectivity index (χ2v) is 6.64. The Balaban J connectivity index is 3.01. The van der Waals surface area contributed by atoms with Crippen LogP contribution < -0.4 is 11.1 Å². The Kier molecular flexibility index (Phi) is 5.68. The van der Waals surface area contributed by atoms with Crippen LogP contribution in [0, 0.1) is 0 Å². The molecule has 0 saturated heterocycles. The Bertz CT molecular complexity index is 475. The van der Waals surface area contributed by atoms with Crippen LogP contribution in [0.25, 0.3) is 0 Å². The monoisotopic (exact) mass is 318 g/mol. The van der Waals surface area contributed by atoms with E-state index in [1.165, 1.54) is 0 Å². The van der Waals surface area contributed by atoms with Crippen LogP contribution in [0.15, 0.2) is 12.1 Å². The van der Waals surface area contributed by atoms with Gasteiger partial charge in [0, 0.05) is 18.0 Å². The van der Waals surface area contributed by atoms with E-state index in [0.29, 0.717) is 22.3 Å². The zero-order valence-corrected chi connectivity index (χ0v) is 13.3. The molecule has 1 atom stereocenters. The first-order valence-corrected chi connectivity index (χ1v) is 7.07. The molecule has 0 amide bonds. The second kappa shape index (κ2) is 6.66. The summed E-state index contributed by atoms with van der Waals surface area (Å²) in [6, 6.07) is 3.36. The molecule has 0 fully saturated rings. The number of aliphatic carboxylic acids is 1. The minimum atomic E-state index is -0.866. The molecule has 0 radical (unpaired) electrons. The van der Waals surface area contributed by atoms with E-state index in [1.807, 2.05) is 20.8 Å². The molecule has 1 unspecified atom stereocenters. The minimum absolute atomic E-state index is 0.000341. The van der Waals surface area contributed by atoms with Crippen molar-refractivity contribution in [3.8, 4) is 0 Å². The highest BCUT2D eigenvalue weighted by molar-refractivity contribution is 6.38. The summed E-state index contributed by atoms with van der Waals surface area (Å²) in [5.41, 5.74) is 6.69. The molecule has 0 aromatic heterocycles. The summed E-state index contributed by atoms with van der Waals surface area (Å²) in [5.74, 6) is -1.09. The smallest absolute Gasteiger partial charge is 0.304 e. The number of hydrogen-bond acceptors (Lipinski definition) is 3. The van der Waals surface area contributed by atoms with E-state index >= 15 is 0 Å². The summed E-state index contributed by atoms with van der Waals surface area (Å²) in [5, 5.41) is 13.0. The predicted molar refractivity (Wildman–Crippen MR) is 83.6 cm³/mol. The summed E-state index contributed by atoms with van der Waals surface area (Å²) in [4.78, 5) is 11.0. The second-order valence-electron chi connectivity index (χ2n) is 5.82. The molecular formula is C14H20Cl2N2O2. The molecule has 0 heterocycles. The Morgan fingerprint density at radius 3 is 2.25 bits per heavy atom. The van der Waals surface area contributed by atoms with Gasteiger partial charge in [0.25, 0.3) is 0 Å². The lowest BCUT2D eigenvalue weighted by Gasteiger charge is -2.25. The lowest BCUT2D eigenvalue weighted by atomic mass is 9.94. The third kappa shape index (κ3) is 5.19. The number of benzene rings is 1. The number of carbonyl (C=O) groups is 1. The number of hydrogen-bond donors (Lipinski definition) is 3. The number of rotatable bonds is 5. The standard InChI is InChI=1S/C14H20Cl2N2O2/c1-14(2,3)18-7-9(6-12(19)20)8-4-10(15)13(17)11(16)5-8/h4-5,9,18H,6-7,17H2,1-3H3,(H,19,20). The maximum Gasteiger partial charge on any atom is 0.304 e. The van der Waals surface area contributed by atoms with Gasteiger partial charge in [-0.25, -0.2) is 0 Å². The van der Waals surface area contributed by atoms with Gasteiger partial charge in [0.2, 0.25) is 0 Å². The normalized spacial score (nSPS) is 13.2. The summed E-state index contributed by atoms with van der Waals surface area (Å²) < 4.78 is 0. The fourth-order valence-corrected chi connectivity index (χ4v) is 2.29. The fraction of sp³-hybridized carbons (Fsp3) is 0.500. The number of anilines is 1. The van der Waals surface area contributed by atoms with Gasteiger partial charge >= 0.3 is 5.97 Å². The van der Waals surface area contributed by atoms with Crippen molar-refractivity contribution in [1.29, 1.82) is 0 Å². The van der Waals surface area contributed by atoms with Crippen molar-refractivity contribution in [3.05, 3.63) is 27.7 Å². The predicted octanol–water partition coefficient (Wildman–Crippen LogP) is 3.52. The molecule has 0 bridgehead atoms. The lowest BCUT2D eigenvalue weighted by molar-refractivity contribution is -0.137. The van der Waals surface area contributed by atoms with Crippen molar-refractivity contribution in [2.75, 3.05) is 12.3 Å². The molecule has 1 rings (SSSR count). The van der Waals surface area contributed by atoms with E-state index in [1.54, 1.807) is 12.1 Å². The molecule has 4 N–H and O–H groups in total. The van der Waals surface area contributed by atoms with Crippen LogP contribution in [0.3, 0.4) is 0 Å². The van der Waals surface area contributed by atoms with E-state index in [4.69, 9.17) is 34.0 Å². The van der Waals surface area contributed by atoms with Crippen molar-refractivity contribution in [1.82, 2.24) is 5.32 Å². The molecular weight excluding hydrogens is 299 g/mol. The average Bonchev–Trinajstić information content (AvgIpc) is 2.29. The molecule has 0 aliphatic heterocycles. The van der Waals surface area contributed by atoms with Gasteiger partial charge in [0.05, 0.1) is 22.2 Å². The Morgan fingerprint density at radius 1 is 1.35 bits per heavy atom. The highest BCUT2D eigenvalue weighted by Gasteiger charge is 2.20. The number of carboxylic acid groups (broad SMARTS) is 1. The highest BCUT2D eigenvalue weighted by Crippen LogP contribution is 2.33. The van der Waals surface area contributed by atoms with Crippen molar-refractivity contribution in [2.45, 2.75) is 38.6 Å². The molecule has 0 saturated carbocycles. The van der Waals surface area contributed by atoms with Gasteiger partial charge in [0.15, 0.2) is 0 Å². The Hall–Kier alpha value is -0.970. The molecule has 0 aliphatic rings. The number of carboxylic acids is 1. The maximum absolute atomic E-state index is 11.0. The quantitative estimate of drug-likeness (QED) is 0.726. The zero-order valence-electron chi connectivity index (χ0n) is 11.8. The van der Waals surface area contributed by atoms with Crippen LogP contribution in [0.2, 0.25) is 10.0 Å². The van der Waals surface area contributed by atoms with E-state index < -0.39 is 5.97 Å². The van der Waals surface area contributed by atoms with Gasteiger partial charge in [-0.1, -0.05) is 23.2 Å². The summed E-state index contributed by atoms with van der Waals surface area (Å²) in [6.45, 7) is 6.58. The molecule has 0 aliphatic carbocycles. The average molecular weight is 319 g/mol. The van der Waals surface area contributed by atoms with Gasteiger partial charge < -0.3 is 16.2 Å². The van der Waals surface area contributed by atoms with E-state index in [-0.39, 0.29) is 17.9 Å². The van der Waals surface area contributed by atoms with E-state index in [9.17, 15) is 4.79 Å². The van der Waals surface area contributed by atoms with Gasteiger partial charge in [-0.2, -0.15) is 0 Å². The van der Waals surface area contributed by atoms with Crippen LogP contribution in [0.1, 0.15) is 38.7 Å². The van der Waals surface area contributed by atoms with Gasteiger partial charge in [-0.05, 0) is 38.5 Å². The number of nitrogens with two attached hydrogens (primary N) is 1. The summed E-state index contributed by atoms with van der Waals surface area (Å²) in [7, 11) is 0. The van der Waals surface area contributed by atoms with Crippen LogP contribution >= 0.6 is 23.2 Å². The van der Waals surface area contributed by atoms with Crippen LogP contribution in [-0.2, 0) is 4.79 Å². The molecule has 1 aromatic carbocycles. The molecule has 1 aromatic rings. The Labute approximate surface area is 129 Å². The molecule has 6 heteroatoms. The number of halogens is 2. The first-order valence-electron chi connectivity index (χ1n) is 6.31. The third-order valence-corrected chi connectivity index (χ3v) is 3.50. The molecule has 4 nitrogen and oxygen atoms in total.